The average molecular weight is 258 g/mol. The largest absolute Gasteiger partial charge is 0.351 e. The maximum Gasteiger partial charge on any atom is 0.201 e. The maximum absolute atomic E-state index is 4.62. The van der Waals surface area contributed by atoms with Gasteiger partial charge in [-0.15, -0.1) is 0 Å². The Labute approximate surface area is 114 Å². The van der Waals surface area contributed by atoms with Crippen LogP contribution in [0.25, 0.3) is 11.0 Å². The minimum atomic E-state index is 0.490. The molecule has 1 aliphatic rings. The number of nitrogens with one attached hydrogen (secondary N) is 2. The highest BCUT2D eigenvalue weighted by atomic mass is 15.2. The molecule has 1 heterocycles. The van der Waals surface area contributed by atoms with Gasteiger partial charge in [-0.3, -0.25) is 0 Å². The Morgan fingerprint density at radius 3 is 2.79 bits per heavy atom. The zero-order valence-corrected chi connectivity index (χ0v) is 11.7. The van der Waals surface area contributed by atoms with Crippen molar-refractivity contribution in [3.8, 4) is 0 Å². The molecule has 0 radical (unpaired) electrons. The van der Waals surface area contributed by atoms with Crippen molar-refractivity contribution in [3.63, 3.8) is 0 Å². The van der Waals surface area contributed by atoms with Crippen molar-refractivity contribution in [1.82, 2.24) is 14.9 Å². The second kappa shape index (κ2) is 5.21. The van der Waals surface area contributed by atoms with Crippen LogP contribution in [0.15, 0.2) is 24.3 Å². The predicted octanol–water partition coefficient (Wildman–Crippen LogP) is 2.85. The van der Waals surface area contributed by atoms with Gasteiger partial charge in [0, 0.05) is 12.1 Å². The topological polar surface area (TPSA) is 44.0 Å². The summed E-state index contributed by atoms with van der Waals surface area (Å²) >= 11 is 0. The molecule has 0 saturated heterocycles. The number of rotatable bonds is 3. The monoisotopic (exact) mass is 258 g/mol. The number of fused-ring (bicyclic) bond motifs is 1. The SMILES string of the molecule is CN(C)[C@H]1CCCC[C@@H]1Nc1nc2ccccc2[nH]1. The van der Waals surface area contributed by atoms with E-state index in [9.17, 15) is 0 Å². The number of aromatic amines is 1. The van der Waals surface area contributed by atoms with Crippen LogP contribution in [-0.2, 0) is 0 Å². The van der Waals surface area contributed by atoms with Crippen molar-refractivity contribution >= 4 is 17.0 Å². The summed E-state index contributed by atoms with van der Waals surface area (Å²) in [6.07, 6.45) is 5.13. The highest BCUT2D eigenvalue weighted by Gasteiger charge is 2.27. The molecule has 102 valence electrons. The fourth-order valence-corrected chi connectivity index (χ4v) is 3.09. The lowest BCUT2D eigenvalue weighted by atomic mass is 9.90. The van der Waals surface area contributed by atoms with Crippen molar-refractivity contribution < 1.29 is 0 Å². The summed E-state index contributed by atoms with van der Waals surface area (Å²) in [5.41, 5.74) is 2.13. The number of hydrogen-bond donors (Lipinski definition) is 2. The van der Waals surface area contributed by atoms with E-state index in [4.69, 9.17) is 0 Å². The summed E-state index contributed by atoms with van der Waals surface area (Å²) in [4.78, 5) is 10.3. The quantitative estimate of drug-likeness (QED) is 0.889. The van der Waals surface area contributed by atoms with Crippen LogP contribution < -0.4 is 5.32 Å². The minimum absolute atomic E-state index is 0.490. The van der Waals surface area contributed by atoms with Crippen LogP contribution in [0.1, 0.15) is 25.7 Å². The first-order valence-electron chi connectivity index (χ1n) is 7.12. The molecule has 0 unspecified atom stereocenters. The molecule has 2 aromatic rings. The Morgan fingerprint density at radius 1 is 1.21 bits per heavy atom. The lowest BCUT2D eigenvalue weighted by molar-refractivity contribution is 0.211. The van der Waals surface area contributed by atoms with Gasteiger partial charge in [0.1, 0.15) is 0 Å². The second-order valence-corrected chi connectivity index (χ2v) is 5.67. The molecular weight excluding hydrogens is 236 g/mol. The highest BCUT2D eigenvalue weighted by Crippen LogP contribution is 2.25. The third kappa shape index (κ3) is 2.59. The van der Waals surface area contributed by atoms with Crippen molar-refractivity contribution in [1.29, 1.82) is 0 Å². The number of nitrogens with zero attached hydrogens (tertiary/aromatic N) is 2. The first-order valence-corrected chi connectivity index (χ1v) is 7.12. The summed E-state index contributed by atoms with van der Waals surface area (Å²) in [6.45, 7) is 0. The number of para-hydroxylation sites is 2. The molecule has 1 saturated carbocycles. The molecule has 2 atom stereocenters. The molecule has 19 heavy (non-hydrogen) atoms. The van der Waals surface area contributed by atoms with E-state index in [-0.39, 0.29) is 0 Å². The molecule has 0 bridgehead atoms. The molecule has 1 fully saturated rings. The molecule has 1 aromatic heterocycles. The van der Waals surface area contributed by atoms with Crippen LogP contribution in [0.4, 0.5) is 5.95 Å². The molecule has 1 aliphatic carbocycles. The van der Waals surface area contributed by atoms with Crippen LogP contribution in [0, 0.1) is 0 Å². The number of hydrogen-bond acceptors (Lipinski definition) is 3. The van der Waals surface area contributed by atoms with E-state index in [0.29, 0.717) is 12.1 Å². The molecule has 0 aliphatic heterocycles. The van der Waals surface area contributed by atoms with Crippen molar-refractivity contribution in [2.45, 2.75) is 37.8 Å². The van der Waals surface area contributed by atoms with Gasteiger partial charge in [-0.1, -0.05) is 25.0 Å². The first-order chi connectivity index (χ1) is 9.24. The summed E-state index contributed by atoms with van der Waals surface area (Å²) < 4.78 is 0. The van der Waals surface area contributed by atoms with Gasteiger partial charge in [0.15, 0.2) is 0 Å². The molecule has 2 N–H and O–H groups in total. The molecule has 4 heteroatoms. The standard InChI is InChI=1S/C15H22N4/c1-19(2)14-10-6-5-9-13(14)18-15-16-11-7-3-4-8-12(11)17-15/h3-4,7-8,13-14H,5-6,9-10H2,1-2H3,(H2,16,17,18)/t13-,14-/m0/s1. The lowest BCUT2D eigenvalue weighted by Crippen LogP contribution is -2.45. The maximum atomic E-state index is 4.62. The van der Waals surface area contributed by atoms with Crippen LogP contribution in [0.2, 0.25) is 0 Å². The van der Waals surface area contributed by atoms with Gasteiger partial charge in [0.05, 0.1) is 11.0 Å². The van der Waals surface area contributed by atoms with Crippen LogP contribution >= 0.6 is 0 Å². The number of anilines is 1. The van der Waals surface area contributed by atoms with Crippen molar-refractivity contribution in [3.05, 3.63) is 24.3 Å². The van der Waals surface area contributed by atoms with Gasteiger partial charge in [-0.05, 0) is 39.1 Å². The smallest absolute Gasteiger partial charge is 0.201 e. The van der Waals surface area contributed by atoms with Crippen LogP contribution in [0.3, 0.4) is 0 Å². The second-order valence-electron chi connectivity index (χ2n) is 5.67. The number of benzene rings is 1. The normalized spacial score (nSPS) is 23.9. The molecular formula is C15H22N4. The number of H-pyrrole nitrogens is 1. The Balaban J connectivity index is 1.79. The third-order valence-corrected chi connectivity index (χ3v) is 4.10. The van der Waals surface area contributed by atoms with Crippen LogP contribution in [0.5, 0.6) is 0 Å². The van der Waals surface area contributed by atoms with E-state index in [2.05, 4.69) is 40.3 Å². The van der Waals surface area contributed by atoms with Gasteiger partial charge < -0.3 is 15.2 Å². The molecule has 4 nitrogen and oxygen atoms in total. The summed E-state index contributed by atoms with van der Waals surface area (Å²) in [5, 5.41) is 3.59. The van der Waals surface area contributed by atoms with Gasteiger partial charge in [0.2, 0.25) is 5.95 Å². The summed E-state index contributed by atoms with van der Waals surface area (Å²) in [5.74, 6) is 0.903. The van der Waals surface area contributed by atoms with Crippen molar-refractivity contribution in [2.24, 2.45) is 0 Å². The first kappa shape index (κ1) is 12.5. The van der Waals surface area contributed by atoms with E-state index < -0.39 is 0 Å². The van der Waals surface area contributed by atoms with E-state index in [1.54, 1.807) is 0 Å². The highest BCUT2D eigenvalue weighted by molar-refractivity contribution is 5.77. The zero-order chi connectivity index (χ0) is 13.2. The Bertz CT molecular complexity index is 513. The Morgan fingerprint density at radius 2 is 2.00 bits per heavy atom. The lowest BCUT2D eigenvalue weighted by Gasteiger charge is -2.36. The summed E-state index contributed by atoms with van der Waals surface area (Å²) in [6, 6.07) is 9.26. The van der Waals surface area contributed by atoms with Gasteiger partial charge in [-0.2, -0.15) is 0 Å². The number of aromatic nitrogens is 2. The Kier molecular flexibility index (Phi) is 3.42. The van der Waals surface area contributed by atoms with Gasteiger partial charge in [0.25, 0.3) is 0 Å². The minimum Gasteiger partial charge on any atom is -0.351 e. The molecule has 0 spiro atoms. The van der Waals surface area contributed by atoms with Crippen LogP contribution in [-0.4, -0.2) is 41.0 Å². The van der Waals surface area contributed by atoms with E-state index in [1.807, 2.05) is 18.2 Å². The Hall–Kier alpha value is -1.55. The molecule has 0 amide bonds. The third-order valence-electron chi connectivity index (χ3n) is 4.10. The summed E-state index contributed by atoms with van der Waals surface area (Å²) in [7, 11) is 4.34. The molecule has 1 aromatic carbocycles. The van der Waals surface area contributed by atoms with Gasteiger partial charge in [-0.25, -0.2) is 4.98 Å². The van der Waals surface area contributed by atoms with Crippen molar-refractivity contribution in [2.75, 3.05) is 19.4 Å². The van der Waals surface area contributed by atoms with E-state index in [1.165, 1.54) is 25.7 Å². The van der Waals surface area contributed by atoms with E-state index >= 15 is 0 Å². The fraction of sp³-hybridized carbons (Fsp3) is 0.533. The van der Waals surface area contributed by atoms with Gasteiger partial charge >= 0.3 is 0 Å². The molecule has 3 rings (SSSR count). The number of likely N-dealkylation sites (N-methyl/N-ethyl adjacent to an activating group) is 1. The van der Waals surface area contributed by atoms with E-state index in [0.717, 1.165) is 17.0 Å². The number of imidazole rings is 1. The zero-order valence-electron chi connectivity index (χ0n) is 11.7. The predicted molar refractivity (Wildman–Crippen MR) is 79.4 cm³/mol. The fourth-order valence-electron chi connectivity index (χ4n) is 3.09. The average Bonchev–Trinajstić information content (AvgIpc) is 2.81.